The molecule has 1 nitrogen and oxygen atoms in total. The van der Waals surface area contributed by atoms with Crippen molar-refractivity contribution in [3.63, 3.8) is 0 Å². The van der Waals surface area contributed by atoms with Crippen LogP contribution >= 0.6 is 0 Å². The molecule has 0 spiro atoms. The van der Waals surface area contributed by atoms with E-state index in [-0.39, 0.29) is 0 Å². The second kappa shape index (κ2) is 10.1. The van der Waals surface area contributed by atoms with E-state index in [0.717, 1.165) is 12.8 Å². The van der Waals surface area contributed by atoms with Gasteiger partial charge in [0.1, 0.15) is 6.79 Å². The molecular weight excluding hydrogens is 316 g/mol. The normalized spacial score (nSPS) is 9.77. The van der Waals surface area contributed by atoms with Crippen LogP contribution in [0.2, 0.25) is 0 Å². The van der Waals surface area contributed by atoms with Crippen LogP contribution in [-0.4, -0.2) is 6.79 Å². The largest absolute Gasteiger partial charge is 0.307 e. The Bertz CT molecular complexity index is 866. The van der Waals surface area contributed by atoms with Gasteiger partial charge in [0.2, 0.25) is 0 Å². The summed E-state index contributed by atoms with van der Waals surface area (Å²) in [6.07, 6.45) is 2.22. The van der Waals surface area contributed by atoms with Gasteiger partial charge >= 0.3 is 0 Å². The Labute approximate surface area is 156 Å². The number of fused-ring (bicyclic) bond motifs is 2. The number of benzene rings is 4. The summed E-state index contributed by atoms with van der Waals surface area (Å²) < 4.78 is 0. The molecule has 0 fully saturated rings. The van der Waals surface area contributed by atoms with E-state index in [0.29, 0.717) is 0 Å². The minimum Gasteiger partial charge on any atom is -0.307 e. The van der Waals surface area contributed by atoms with E-state index in [2.05, 4.69) is 98.8 Å². The molecule has 1 heteroatoms. The van der Waals surface area contributed by atoms with Crippen molar-refractivity contribution in [1.82, 2.24) is 0 Å². The van der Waals surface area contributed by atoms with E-state index in [1.165, 1.54) is 32.7 Å². The summed E-state index contributed by atoms with van der Waals surface area (Å²) in [6.45, 7) is 6.39. The zero-order valence-electron chi connectivity index (χ0n) is 15.6. The number of hydrogen-bond acceptors (Lipinski definition) is 1. The number of carbonyl (C=O) groups is 1. The highest BCUT2D eigenvalue weighted by Crippen LogP contribution is 2.19. The Morgan fingerprint density at radius 2 is 0.885 bits per heavy atom. The van der Waals surface area contributed by atoms with Gasteiger partial charge < -0.3 is 4.79 Å². The summed E-state index contributed by atoms with van der Waals surface area (Å²) in [5.74, 6) is 0. The molecule has 0 aliphatic rings. The molecule has 0 saturated heterocycles. The fraction of sp³-hybridized carbons (Fsp3) is 0.160. The molecule has 0 N–H and O–H groups in total. The van der Waals surface area contributed by atoms with E-state index < -0.39 is 0 Å². The van der Waals surface area contributed by atoms with Gasteiger partial charge in [0.15, 0.2) is 0 Å². The highest BCUT2D eigenvalue weighted by Gasteiger charge is 1.96. The fourth-order valence-electron chi connectivity index (χ4n) is 3.20. The van der Waals surface area contributed by atoms with Crippen LogP contribution in [0.1, 0.15) is 25.0 Å². The van der Waals surface area contributed by atoms with Crippen molar-refractivity contribution in [3.05, 3.63) is 96.1 Å². The molecule has 4 rings (SSSR count). The van der Waals surface area contributed by atoms with Gasteiger partial charge in [-0.1, -0.05) is 98.8 Å². The minimum atomic E-state index is 1.11. The van der Waals surface area contributed by atoms with Gasteiger partial charge in [-0.3, -0.25) is 0 Å². The topological polar surface area (TPSA) is 17.1 Å². The third-order valence-corrected chi connectivity index (χ3v) is 4.52. The molecule has 0 atom stereocenters. The highest BCUT2D eigenvalue weighted by molar-refractivity contribution is 5.86. The van der Waals surface area contributed by atoms with E-state index in [9.17, 15) is 0 Å². The molecule has 0 aliphatic heterocycles. The summed E-state index contributed by atoms with van der Waals surface area (Å²) in [4.78, 5) is 8.00. The Morgan fingerprint density at radius 3 is 1.27 bits per heavy atom. The molecule has 4 aromatic rings. The molecule has 0 aromatic heterocycles. The Hall–Kier alpha value is -2.93. The first-order valence-corrected chi connectivity index (χ1v) is 9.05. The third-order valence-electron chi connectivity index (χ3n) is 4.52. The summed E-state index contributed by atoms with van der Waals surface area (Å²) in [6, 6.07) is 30.0. The zero-order valence-corrected chi connectivity index (χ0v) is 15.6. The zero-order chi connectivity index (χ0) is 18.8. The van der Waals surface area contributed by atoms with Crippen molar-refractivity contribution in [3.8, 4) is 0 Å². The van der Waals surface area contributed by atoms with Crippen LogP contribution in [-0.2, 0) is 17.6 Å². The molecule has 0 aliphatic carbocycles. The van der Waals surface area contributed by atoms with E-state index >= 15 is 0 Å². The van der Waals surface area contributed by atoms with Crippen LogP contribution in [0.5, 0.6) is 0 Å². The van der Waals surface area contributed by atoms with Crippen molar-refractivity contribution >= 4 is 28.3 Å². The van der Waals surface area contributed by atoms with Crippen LogP contribution in [0.25, 0.3) is 21.5 Å². The lowest BCUT2D eigenvalue weighted by atomic mass is 10.0. The molecule has 4 aromatic carbocycles. The molecule has 0 unspecified atom stereocenters. The second-order valence-corrected chi connectivity index (χ2v) is 5.98. The van der Waals surface area contributed by atoms with Crippen molar-refractivity contribution in [2.75, 3.05) is 0 Å². The van der Waals surface area contributed by atoms with Crippen molar-refractivity contribution in [1.29, 1.82) is 0 Å². The summed E-state index contributed by atoms with van der Waals surface area (Å²) >= 11 is 0. The first-order valence-electron chi connectivity index (χ1n) is 9.05. The molecule has 132 valence electrons. The molecule has 0 amide bonds. The SMILES string of the molecule is C=O.CCc1cccc2ccccc12.CCc1cccc2ccccc12. The smallest absolute Gasteiger partial charge is 0.106 e. The third kappa shape index (κ3) is 4.58. The van der Waals surface area contributed by atoms with Crippen molar-refractivity contribution in [2.24, 2.45) is 0 Å². The quantitative estimate of drug-likeness (QED) is 0.400. The van der Waals surface area contributed by atoms with E-state index in [1.54, 1.807) is 0 Å². The van der Waals surface area contributed by atoms with Gasteiger partial charge in [0, 0.05) is 0 Å². The van der Waals surface area contributed by atoms with Gasteiger partial charge in [-0.05, 0) is 45.5 Å². The number of rotatable bonds is 2. The molecule has 0 radical (unpaired) electrons. The Balaban J connectivity index is 0.000000171. The minimum absolute atomic E-state index is 1.11. The predicted octanol–water partition coefficient (Wildman–Crippen LogP) is 6.62. The number of hydrogen-bond donors (Lipinski definition) is 0. The van der Waals surface area contributed by atoms with Gasteiger partial charge in [0.25, 0.3) is 0 Å². The number of aryl methyl sites for hydroxylation is 2. The average Bonchev–Trinajstić information content (AvgIpc) is 2.74. The van der Waals surface area contributed by atoms with Crippen LogP contribution in [0.3, 0.4) is 0 Å². The molecule has 0 bridgehead atoms. The molecule has 0 heterocycles. The molecule has 26 heavy (non-hydrogen) atoms. The maximum absolute atomic E-state index is 8.00. The molecular formula is C25H26O. The van der Waals surface area contributed by atoms with E-state index in [1.807, 2.05) is 6.79 Å². The van der Waals surface area contributed by atoms with Crippen molar-refractivity contribution < 1.29 is 4.79 Å². The second-order valence-electron chi connectivity index (χ2n) is 5.98. The van der Waals surface area contributed by atoms with Crippen LogP contribution in [0.15, 0.2) is 84.9 Å². The monoisotopic (exact) mass is 342 g/mol. The van der Waals surface area contributed by atoms with Crippen LogP contribution in [0, 0.1) is 0 Å². The Kier molecular flexibility index (Phi) is 7.57. The lowest BCUT2D eigenvalue weighted by Gasteiger charge is -2.02. The lowest BCUT2D eigenvalue weighted by molar-refractivity contribution is -0.0979. The van der Waals surface area contributed by atoms with E-state index in [4.69, 9.17) is 4.79 Å². The van der Waals surface area contributed by atoms with Gasteiger partial charge in [0.05, 0.1) is 0 Å². The maximum atomic E-state index is 8.00. The standard InChI is InChI=1S/2C12H12.CH2O/c2*1-2-10-7-5-8-11-6-3-4-9-12(10)11;1-2/h2*3-9H,2H2,1H3;1H2. The van der Waals surface area contributed by atoms with Crippen molar-refractivity contribution in [2.45, 2.75) is 26.7 Å². The van der Waals surface area contributed by atoms with Crippen LogP contribution < -0.4 is 0 Å². The van der Waals surface area contributed by atoms with Gasteiger partial charge in [-0.2, -0.15) is 0 Å². The number of carbonyl (C=O) groups excluding carboxylic acids is 1. The fourth-order valence-corrected chi connectivity index (χ4v) is 3.20. The van der Waals surface area contributed by atoms with Gasteiger partial charge in [-0.15, -0.1) is 0 Å². The van der Waals surface area contributed by atoms with Gasteiger partial charge in [-0.25, -0.2) is 0 Å². The maximum Gasteiger partial charge on any atom is 0.106 e. The highest BCUT2D eigenvalue weighted by atomic mass is 16.1. The summed E-state index contributed by atoms with van der Waals surface area (Å²) in [7, 11) is 0. The average molecular weight is 342 g/mol. The molecule has 0 saturated carbocycles. The first-order chi connectivity index (χ1) is 12.8. The predicted molar refractivity (Wildman–Crippen MR) is 114 cm³/mol. The summed E-state index contributed by atoms with van der Waals surface area (Å²) in [5.41, 5.74) is 2.88. The lowest BCUT2D eigenvalue weighted by Crippen LogP contribution is -1.81. The summed E-state index contributed by atoms with van der Waals surface area (Å²) in [5, 5.41) is 5.47. The first kappa shape index (κ1) is 19.4. The Morgan fingerprint density at radius 1 is 0.538 bits per heavy atom. The van der Waals surface area contributed by atoms with Crippen LogP contribution in [0.4, 0.5) is 0 Å².